The molecular formula is C17H22N4O2. The quantitative estimate of drug-likeness (QED) is 0.864. The molecule has 3 rings (SSSR count). The number of nitrogens with zero attached hydrogens (tertiary/aromatic N) is 3. The minimum Gasteiger partial charge on any atom is -0.379 e. The van der Waals surface area contributed by atoms with Crippen molar-refractivity contribution in [1.82, 2.24) is 19.8 Å². The Morgan fingerprint density at radius 1 is 1.22 bits per heavy atom. The molecule has 1 N–H and O–H groups in total. The highest BCUT2D eigenvalue weighted by molar-refractivity contribution is 5.76. The van der Waals surface area contributed by atoms with E-state index in [9.17, 15) is 4.79 Å². The van der Waals surface area contributed by atoms with Crippen molar-refractivity contribution >= 4 is 5.91 Å². The Kier molecular flexibility index (Phi) is 5.39. The second kappa shape index (κ2) is 7.89. The van der Waals surface area contributed by atoms with Crippen molar-refractivity contribution in [3.05, 3.63) is 42.7 Å². The fraction of sp³-hybridized carbons (Fsp3) is 0.412. The van der Waals surface area contributed by atoms with Crippen LogP contribution in [0.3, 0.4) is 0 Å². The molecule has 6 heteroatoms. The monoisotopic (exact) mass is 314 g/mol. The molecule has 0 bridgehead atoms. The van der Waals surface area contributed by atoms with Crippen LogP contribution in [0.15, 0.2) is 42.7 Å². The molecular weight excluding hydrogens is 292 g/mol. The second-order valence-electron chi connectivity index (χ2n) is 5.55. The fourth-order valence-corrected chi connectivity index (χ4v) is 2.67. The van der Waals surface area contributed by atoms with Crippen molar-refractivity contribution in [2.45, 2.75) is 6.54 Å². The summed E-state index contributed by atoms with van der Waals surface area (Å²) in [4.78, 5) is 18.8. The third kappa shape index (κ3) is 4.40. The van der Waals surface area contributed by atoms with Gasteiger partial charge in [-0.3, -0.25) is 9.69 Å². The number of benzene rings is 1. The third-order valence-corrected chi connectivity index (χ3v) is 3.92. The molecule has 0 saturated carbocycles. The Morgan fingerprint density at radius 2 is 2.00 bits per heavy atom. The van der Waals surface area contributed by atoms with E-state index < -0.39 is 0 Å². The van der Waals surface area contributed by atoms with E-state index in [0.717, 1.165) is 44.2 Å². The van der Waals surface area contributed by atoms with Crippen LogP contribution < -0.4 is 5.32 Å². The standard InChI is InChI=1S/C17H22N4O2/c22-16(18-6-8-20-10-12-23-13-11-20)14-21-9-7-19-17(21)15-4-2-1-3-5-15/h1-5,7,9H,6,8,10-14H2,(H,18,22). The highest BCUT2D eigenvalue weighted by atomic mass is 16.5. The Balaban J connectivity index is 1.49. The van der Waals surface area contributed by atoms with Gasteiger partial charge in [0, 0.05) is 44.1 Å². The number of rotatable bonds is 6. The number of hydrogen-bond acceptors (Lipinski definition) is 4. The molecule has 0 radical (unpaired) electrons. The summed E-state index contributed by atoms with van der Waals surface area (Å²) in [6.45, 7) is 5.25. The van der Waals surface area contributed by atoms with E-state index in [-0.39, 0.29) is 12.5 Å². The molecule has 0 atom stereocenters. The van der Waals surface area contributed by atoms with Crippen molar-refractivity contribution in [2.24, 2.45) is 0 Å². The molecule has 0 spiro atoms. The molecule has 1 aliphatic heterocycles. The lowest BCUT2D eigenvalue weighted by atomic mass is 10.2. The molecule has 1 aromatic heterocycles. The minimum atomic E-state index is 0.00782. The smallest absolute Gasteiger partial charge is 0.240 e. The van der Waals surface area contributed by atoms with Gasteiger partial charge in [-0.2, -0.15) is 0 Å². The number of carbonyl (C=O) groups excluding carboxylic acids is 1. The zero-order valence-corrected chi connectivity index (χ0v) is 13.1. The average Bonchev–Trinajstić information content (AvgIpc) is 3.05. The van der Waals surface area contributed by atoms with Crippen LogP contribution in [0, 0.1) is 0 Å². The van der Waals surface area contributed by atoms with Crippen molar-refractivity contribution in [3.63, 3.8) is 0 Å². The molecule has 1 aliphatic rings. The van der Waals surface area contributed by atoms with Crippen molar-refractivity contribution in [3.8, 4) is 11.4 Å². The van der Waals surface area contributed by atoms with Crippen LogP contribution in [0.1, 0.15) is 0 Å². The van der Waals surface area contributed by atoms with Crippen LogP contribution in [-0.2, 0) is 16.1 Å². The number of morpholine rings is 1. The molecule has 1 amide bonds. The van der Waals surface area contributed by atoms with Gasteiger partial charge in [-0.05, 0) is 0 Å². The van der Waals surface area contributed by atoms with Gasteiger partial charge in [-0.25, -0.2) is 4.98 Å². The van der Waals surface area contributed by atoms with Gasteiger partial charge in [0.05, 0.1) is 13.2 Å². The Morgan fingerprint density at radius 3 is 2.78 bits per heavy atom. The first kappa shape index (κ1) is 15.7. The van der Waals surface area contributed by atoms with Crippen LogP contribution in [-0.4, -0.2) is 59.8 Å². The first-order chi connectivity index (χ1) is 11.3. The van der Waals surface area contributed by atoms with E-state index in [0.29, 0.717) is 6.54 Å². The molecule has 2 aromatic rings. The Labute approximate surface area is 136 Å². The maximum Gasteiger partial charge on any atom is 0.240 e. The molecule has 23 heavy (non-hydrogen) atoms. The van der Waals surface area contributed by atoms with Crippen LogP contribution in [0.25, 0.3) is 11.4 Å². The van der Waals surface area contributed by atoms with E-state index in [4.69, 9.17) is 4.74 Å². The van der Waals surface area contributed by atoms with E-state index >= 15 is 0 Å². The van der Waals surface area contributed by atoms with Crippen LogP contribution >= 0.6 is 0 Å². The first-order valence-electron chi connectivity index (χ1n) is 7.96. The Bertz CT molecular complexity index is 621. The molecule has 2 heterocycles. The lowest BCUT2D eigenvalue weighted by Crippen LogP contribution is -2.41. The van der Waals surface area contributed by atoms with Gasteiger partial charge in [0.2, 0.25) is 5.91 Å². The van der Waals surface area contributed by atoms with Gasteiger partial charge >= 0.3 is 0 Å². The molecule has 6 nitrogen and oxygen atoms in total. The SMILES string of the molecule is O=C(Cn1ccnc1-c1ccccc1)NCCN1CCOCC1. The zero-order valence-electron chi connectivity index (χ0n) is 13.1. The van der Waals surface area contributed by atoms with Crippen LogP contribution in [0.4, 0.5) is 0 Å². The summed E-state index contributed by atoms with van der Waals surface area (Å²) in [6, 6.07) is 9.90. The summed E-state index contributed by atoms with van der Waals surface area (Å²) in [7, 11) is 0. The summed E-state index contributed by atoms with van der Waals surface area (Å²) in [5.74, 6) is 0.822. The molecule has 122 valence electrons. The maximum absolute atomic E-state index is 12.1. The lowest BCUT2D eigenvalue weighted by molar-refractivity contribution is -0.121. The number of aromatic nitrogens is 2. The van der Waals surface area contributed by atoms with Gasteiger partial charge in [0.1, 0.15) is 12.4 Å². The predicted molar refractivity (Wildman–Crippen MR) is 87.9 cm³/mol. The lowest BCUT2D eigenvalue weighted by Gasteiger charge is -2.26. The number of amides is 1. The van der Waals surface area contributed by atoms with Crippen molar-refractivity contribution < 1.29 is 9.53 Å². The van der Waals surface area contributed by atoms with Crippen molar-refractivity contribution in [1.29, 1.82) is 0 Å². The summed E-state index contributed by atoms with van der Waals surface area (Å²) < 4.78 is 7.19. The van der Waals surface area contributed by atoms with Gasteiger partial charge < -0.3 is 14.6 Å². The molecule has 0 aliphatic carbocycles. The summed E-state index contributed by atoms with van der Waals surface area (Å²) in [6.07, 6.45) is 3.56. The molecule has 1 saturated heterocycles. The number of imidazole rings is 1. The van der Waals surface area contributed by atoms with Gasteiger partial charge in [0.25, 0.3) is 0 Å². The minimum absolute atomic E-state index is 0.00782. The number of ether oxygens (including phenoxy) is 1. The molecule has 1 fully saturated rings. The van der Waals surface area contributed by atoms with E-state index in [2.05, 4.69) is 15.2 Å². The highest BCUT2D eigenvalue weighted by Crippen LogP contribution is 2.16. The maximum atomic E-state index is 12.1. The van der Waals surface area contributed by atoms with Gasteiger partial charge in [0.15, 0.2) is 0 Å². The van der Waals surface area contributed by atoms with E-state index in [1.54, 1.807) is 6.20 Å². The zero-order chi connectivity index (χ0) is 15.9. The fourth-order valence-electron chi connectivity index (χ4n) is 2.67. The van der Waals surface area contributed by atoms with Crippen molar-refractivity contribution in [2.75, 3.05) is 39.4 Å². The van der Waals surface area contributed by atoms with Crippen LogP contribution in [0.5, 0.6) is 0 Å². The number of carbonyl (C=O) groups is 1. The van der Waals surface area contributed by atoms with E-state index in [1.807, 2.05) is 41.1 Å². The molecule has 1 aromatic carbocycles. The number of hydrogen-bond donors (Lipinski definition) is 1. The van der Waals surface area contributed by atoms with Crippen LogP contribution in [0.2, 0.25) is 0 Å². The highest BCUT2D eigenvalue weighted by Gasteiger charge is 2.11. The number of nitrogens with one attached hydrogen (secondary N) is 1. The second-order valence-corrected chi connectivity index (χ2v) is 5.55. The average molecular weight is 314 g/mol. The summed E-state index contributed by atoms with van der Waals surface area (Å²) in [5.41, 5.74) is 1.01. The molecule has 0 unspecified atom stereocenters. The third-order valence-electron chi connectivity index (χ3n) is 3.92. The summed E-state index contributed by atoms with van der Waals surface area (Å²) in [5, 5.41) is 2.98. The predicted octanol–water partition coefficient (Wildman–Crippen LogP) is 0.998. The first-order valence-corrected chi connectivity index (χ1v) is 7.96. The summed E-state index contributed by atoms with van der Waals surface area (Å²) >= 11 is 0. The van der Waals surface area contributed by atoms with E-state index in [1.165, 1.54) is 0 Å². The topological polar surface area (TPSA) is 59.4 Å². The Hall–Kier alpha value is -2.18. The van der Waals surface area contributed by atoms with Gasteiger partial charge in [-0.1, -0.05) is 30.3 Å². The van der Waals surface area contributed by atoms with Gasteiger partial charge in [-0.15, -0.1) is 0 Å². The normalized spacial score (nSPS) is 15.5. The largest absolute Gasteiger partial charge is 0.379 e.